The van der Waals surface area contributed by atoms with Crippen molar-refractivity contribution >= 4 is 11.9 Å². The average Bonchev–Trinajstić information content (AvgIpc) is 2.84. The molecule has 1 unspecified atom stereocenters. The number of nitrogens with one attached hydrogen (secondary N) is 2. The summed E-state index contributed by atoms with van der Waals surface area (Å²) in [7, 11) is 0. The van der Waals surface area contributed by atoms with Crippen molar-refractivity contribution in [3.63, 3.8) is 0 Å². The summed E-state index contributed by atoms with van der Waals surface area (Å²) in [5.74, 6) is 0.913. The summed E-state index contributed by atoms with van der Waals surface area (Å²) in [5, 5.41) is 10.8. The van der Waals surface area contributed by atoms with E-state index in [2.05, 4.69) is 12.2 Å². The van der Waals surface area contributed by atoms with Crippen molar-refractivity contribution in [2.24, 2.45) is 5.92 Å². The molecule has 1 aliphatic heterocycles. The van der Waals surface area contributed by atoms with Crippen molar-refractivity contribution in [1.29, 1.82) is 5.41 Å². The van der Waals surface area contributed by atoms with E-state index >= 15 is 0 Å². The van der Waals surface area contributed by atoms with Crippen LogP contribution >= 0.6 is 0 Å². The van der Waals surface area contributed by atoms with Crippen molar-refractivity contribution in [3.05, 3.63) is 0 Å². The lowest BCUT2D eigenvalue weighted by molar-refractivity contribution is 0.139. The third-order valence-electron chi connectivity index (χ3n) is 4.52. The minimum Gasteiger partial charge on any atom is -0.309 e. The Labute approximate surface area is 95.9 Å². The fourth-order valence-corrected chi connectivity index (χ4v) is 3.39. The number of hydrogen-bond acceptors (Lipinski definition) is 2. The molecule has 0 radical (unpaired) electrons. The van der Waals surface area contributed by atoms with Gasteiger partial charge in [0.25, 0.3) is 0 Å². The average molecular weight is 221 g/mol. The van der Waals surface area contributed by atoms with Crippen molar-refractivity contribution in [2.45, 2.75) is 57.0 Å². The number of amides is 2. The van der Waals surface area contributed by atoms with Gasteiger partial charge in [-0.1, -0.05) is 12.8 Å². The van der Waals surface area contributed by atoms with Gasteiger partial charge in [0, 0.05) is 6.04 Å². The van der Waals surface area contributed by atoms with Crippen LogP contribution < -0.4 is 5.32 Å². The van der Waals surface area contributed by atoms with Gasteiger partial charge in [-0.15, -0.1) is 0 Å². The summed E-state index contributed by atoms with van der Waals surface area (Å²) in [6, 6.07) is 0.357. The Bertz CT molecular complexity index is 344. The maximum Gasteiger partial charge on any atom is 0.323 e. The van der Waals surface area contributed by atoms with Gasteiger partial charge in [0.15, 0.2) is 0 Å². The summed E-state index contributed by atoms with van der Waals surface area (Å²) < 4.78 is 0. The van der Waals surface area contributed by atoms with Crippen molar-refractivity contribution in [1.82, 2.24) is 10.2 Å². The Kier molecular flexibility index (Phi) is 2.03. The number of carbonyl (C=O) groups is 1. The molecule has 1 saturated heterocycles. The molecule has 16 heavy (non-hydrogen) atoms. The van der Waals surface area contributed by atoms with E-state index in [1.54, 1.807) is 0 Å². The number of amidine groups is 1. The van der Waals surface area contributed by atoms with Crippen LogP contribution in [0.15, 0.2) is 0 Å². The van der Waals surface area contributed by atoms with E-state index in [0.717, 1.165) is 25.7 Å². The second-order valence-corrected chi connectivity index (χ2v) is 5.54. The van der Waals surface area contributed by atoms with E-state index in [4.69, 9.17) is 5.41 Å². The third kappa shape index (κ3) is 1.22. The maximum atomic E-state index is 11.9. The standard InChI is InChI=1S/C12H19N3O/c1-12(8-4-2-3-5-8)10(13)14-11(16)15(12)9-6-7-9/h8-9H,2-7H2,1H3,(H2,13,14,16). The van der Waals surface area contributed by atoms with Crippen LogP contribution in [0.5, 0.6) is 0 Å². The van der Waals surface area contributed by atoms with Crippen molar-refractivity contribution in [2.75, 3.05) is 0 Å². The van der Waals surface area contributed by atoms with E-state index in [-0.39, 0.29) is 11.6 Å². The highest BCUT2D eigenvalue weighted by molar-refractivity contribution is 6.08. The predicted octanol–water partition coefficient (Wildman–Crippen LogP) is 2.10. The molecule has 2 aliphatic carbocycles. The van der Waals surface area contributed by atoms with Crippen LogP contribution in [-0.4, -0.2) is 28.3 Å². The number of rotatable bonds is 2. The Balaban J connectivity index is 1.94. The molecule has 2 amide bonds. The second-order valence-electron chi connectivity index (χ2n) is 5.54. The quantitative estimate of drug-likeness (QED) is 0.737. The molecule has 2 saturated carbocycles. The first kappa shape index (κ1) is 10.1. The molecule has 0 aromatic carbocycles. The monoisotopic (exact) mass is 221 g/mol. The topological polar surface area (TPSA) is 56.2 Å². The van der Waals surface area contributed by atoms with Gasteiger partial charge in [-0.3, -0.25) is 10.7 Å². The molecule has 0 aromatic rings. The zero-order valence-electron chi connectivity index (χ0n) is 9.75. The van der Waals surface area contributed by atoms with Crippen LogP contribution in [0.3, 0.4) is 0 Å². The smallest absolute Gasteiger partial charge is 0.309 e. The number of carbonyl (C=O) groups excluding carboxylic acids is 1. The highest BCUT2D eigenvalue weighted by Gasteiger charge is 2.56. The summed E-state index contributed by atoms with van der Waals surface area (Å²) >= 11 is 0. The van der Waals surface area contributed by atoms with Crippen LogP contribution in [0.4, 0.5) is 4.79 Å². The number of hydrogen-bond donors (Lipinski definition) is 2. The highest BCUT2D eigenvalue weighted by Crippen LogP contribution is 2.45. The molecule has 4 nitrogen and oxygen atoms in total. The molecular formula is C12H19N3O. The Morgan fingerprint density at radius 2 is 1.94 bits per heavy atom. The fourth-order valence-electron chi connectivity index (χ4n) is 3.39. The molecule has 3 rings (SSSR count). The van der Waals surface area contributed by atoms with Crippen LogP contribution in [0, 0.1) is 11.3 Å². The predicted molar refractivity (Wildman–Crippen MR) is 61.5 cm³/mol. The lowest BCUT2D eigenvalue weighted by atomic mass is 9.82. The van der Waals surface area contributed by atoms with Gasteiger partial charge < -0.3 is 4.90 Å². The first-order valence-electron chi connectivity index (χ1n) is 6.33. The lowest BCUT2D eigenvalue weighted by Crippen LogP contribution is -2.52. The molecule has 2 N–H and O–H groups in total. The van der Waals surface area contributed by atoms with Gasteiger partial charge in [0.05, 0.1) is 0 Å². The first-order valence-corrected chi connectivity index (χ1v) is 6.33. The Morgan fingerprint density at radius 1 is 1.31 bits per heavy atom. The number of nitrogens with zero attached hydrogens (tertiary/aromatic N) is 1. The molecule has 3 fully saturated rings. The highest BCUT2D eigenvalue weighted by atomic mass is 16.2. The summed E-state index contributed by atoms with van der Waals surface area (Å²) in [5.41, 5.74) is -0.339. The van der Waals surface area contributed by atoms with E-state index in [0.29, 0.717) is 17.8 Å². The lowest BCUT2D eigenvalue weighted by Gasteiger charge is -2.38. The molecule has 0 bridgehead atoms. The SMILES string of the molecule is CC1(C2CCCC2)C(=N)NC(=O)N1C1CC1. The fraction of sp³-hybridized carbons (Fsp3) is 0.833. The second kappa shape index (κ2) is 3.22. The minimum absolute atomic E-state index is 0.0399. The molecule has 1 heterocycles. The molecule has 0 spiro atoms. The van der Waals surface area contributed by atoms with Crippen LogP contribution in [0.1, 0.15) is 45.4 Å². The summed E-state index contributed by atoms with van der Waals surface area (Å²) in [6.45, 7) is 2.08. The van der Waals surface area contributed by atoms with Gasteiger partial charge in [0.2, 0.25) is 0 Å². The van der Waals surface area contributed by atoms with E-state index in [1.807, 2.05) is 4.90 Å². The van der Waals surface area contributed by atoms with Gasteiger partial charge in [-0.25, -0.2) is 4.79 Å². The molecule has 1 atom stereocenters. The normalized spacial score (nSPS) is 35.9. The summed E-state index contributed by atoms with van der Waals surface area (Å²) in [6.07, 6.45) is 7.06. The zero-order chi connectivity index (χ0) is 11.3. The van der Waals surface area contributed by atoms with E-state index in [1.165, 1.54) is 12.8 Å². The van der Waals surface area contributed by atoms with Crippen LogP contribution in [-0.2, 0) is 0 Å². The third-order valence-corrected chi connectivity index (χ3v) is 4.52. The molecule has 3 aliphatic rings. The first-order chi connectivity index (χ1) is 7.64. The zero-order valence-corrected chi connectivity index (χ0v) is 9.75. The van der Waals surface area contributed by atoms with Gasteiger partial charge >= 0.3 is 6.03 Å². The van der Waals surface area contributed by atoms with Gasteiger partial charge in [-0.05, 0) is 38.5 Å². The van der Waals surface area contributed by atoms with Crippen LogP contribution in [0.25, 0.3) is 0 Å². The Hall–Kier alpha value is -1.06. The molecule has 0 aromatic heterocycles. The van der Waals surface area contributed by atoms with E-state index in [9.17, 15) is 4.79 Å². The summed E-state index contributed by atoms with van der Waals surface area (Å²) in [4.78, 5) is 13.9. The van der Waals surface area contributed by atoms with Gasteiger partial charge in [0.1, 0.15) is 11.4 Å². The molecule has 4 heteroatoms. The van der Waals surface area contributed by atoms with Crippen molar-refractivity contribution < 1.29 is 4.79 Å². The van der Waals surface area contributed by atoms with Crippen molar-refractivity contribution in [3.8, 4) is 0 Å². The molecule has 88 valence electrons. The van der Waals surface area contributed by atoms with Crippen LogP contribution in [0.2, 0.25) is 0 Å². The molecular weight excluding hydrogens is 202 g/mol. The largest absolute Gasteiger partial charge is 0.323 e. The maximum absolute atomic E-state index is 11.9. The van der Waals surface area contributed by atoms with Gasteiger partial charge in [-0.2, -0.15) is 0 Å². The van der Waals surface area contributed by atoms with E-state index < -0.39 is 0 Å². The number of urea groups is 1. The Morgan fingerprint density at radius 3 is 2.50 bits per heavy atom. The minimum atomic E-state index is -0.339.